The maximum Gasteiger partial charge on any atom is 0.344 e. The van der Waals surface area contributed by atoms with Crippen LogP contribution in [0, 0.1) is 5.92 Å². The van der Waals surface area contributed by atoms with Gasteiger partial charge in [0.2, 0.25) is 0 Å². The molecule has 1 saturated carbocycles. The topological polar surface area (TPSA) is 136 Å². The standard InChI is InChI=1S/C22H26N6O5/c1-3-16-15(12-24-27(16)17-6-4-5-11-23-17)19(30)33-13-18(29)26-28-20(31)22(25-21(28)32)9-7-14(2)8-10-22/h4-6,11-12,14H,3,7-10,13H2,1-2H3,(H,25,32)(H,26,29). The Morgan fingerprint density at radius 1 is 1.27 bits per heavy atom. The minimum absolute atomic E-state index is 0.209. The summed E-state index contributed by atoms with van der Waals surface area (Å²) in [6, 6.07) is 4.65. The van der Waals surface area contributed by atoms with E-state index in [0.717, 1.165) is 12.8 Å². The lowest BCUT2D eigenvalue weighted by Gasteiger charge is -2.33. The molecule has 1 aliphatic carbocycles. The summed E-state index contributed by atoms with van der Waals surface area (Å²) >= 11 is 0. The number of amides is 4. The highest BCUT2D eigenvalue weighted by atomic mass is 16.5. The Bertz CT molecular complexity index is 1070. The molecule has 174 valence electrons. The quantitative estimate of drug-likeness (QED) is 0.499. The predicted molar refractivity (Wildman–Crippen MR) is 115 cm³/mol. The third-order valence-electron chi connectivity index (χ3n) is 6.15. The highest BCUT2D eigenvalue weighted by molar-refractivity contribution is 6.08. The molecule has 2 aliphatic rings. The minimum Gasteiger partial charge on any atom is -0.452 e. The van der Waals surface area contributed by atoms with Gasteiger partial charge in [-0.15, -0.1) is 0 Å². The van der Waals surface area contributed by atoms with Crippen LogP contribution in [0.5, 0.6) is 0 Å². The zero-order valence-corrected chi connectivity index (χ0v) is 18.5. The van der Waals surface area contributed by atoms with Crippen molar-refractivity contribution in [1.82, 2.24) is 30.5 Å². The molecule has 1 saturated heterocycles. The first kappa shape index (κ1) is 22.4. The van der Waals surface area contributed by atoms with E-state index in [9.17, 15) is 19.2 Å². The van der Waals surface area contributed by atoms with Crippen molar-refractivity contribution in [2.24, 2.45) is 5.92 Å². The zero-order chi connectivity index (χ0) is 23.6. The fourth-order valence-electron chi connectivity index (χ4n) is 4.24. The maximum atomic E-state index is 12.8. The number of urea groups is 1. The van der Waals surface area contributed by atoms with E-state index in [1.54, 1.807) is 24.4 Å². The van der Waals surface area contributed by atoms with Crippen LogP contribution >= 0.6 is 0 Å². The number of carbonyl (C=O) groups excluding carboxylic acids is 4. The van der Waals surface area contributed by atoms with Crippen LogP contribution in [0.15, 0.2) is 30.6 Å². The van der Waals surface area contributed by atoms with E-state index in [1.807, 2.05) is 6.92 Å². The summed E-state index contributed by atoms with van der Waals surface area (Å²) in [5.41, 5.74) is 2.08. The summed E-state index contributed by atoms with van der Waals surface area (Å²) in [4.78, 5) is 54.3. The second-order valence-electron chi connectivity index (χ2n) is 8.40. The number of carbonyl (C=O) groups is 4. The van der Waals surface area contributed by atoms with Gasteiger partial charge in [-0.2, -0.15) is 10.1 Å². The van der Waals surface area contributed by atoms with Crippen molar-refractivity contribution in [2.75, 3.05) is 6.61 Å². The zero-order valence-electron chi connectivity index (χ0n) is 18.5. The van der Waals surface area contributed by atoms with Crippen LogP contribution in [-0.4, -0.2) is 55.7 Å². The van der Waals surface area contributed by atoms with Crippen LogP contribution in [0.1, 0.15) is 55.6 Å². The Labute approximate surface area is 190 Å². The van der Waals surface area contributed by atoms with Gasteiger partial charge in [-0.05, 0) is 50.2 Å². The molecule has 33 heavy (non-hydrogen) atoms. The Morgan fingerprint density at radius 3 is 2.70 bits per heavy atom. The van der Waals surface area contributed by atoms with E-state index >= 15 is 0 Å². The monoisotopic (exact) mass is 454 g/mol. The molecule has 2 fully saturated rings. The van der Waals surface area contributed by atoms with Crippen LogP contribution in [0.25, 0.3) is 5.82 Å². The number of esters is 1. The molecule has 4 amide bonds. The molecule has 0 radical (unpaired) electrons. The average molecular weight is 454 g/mol. The van der Waals surface area contributed by atoms with Crippen molar-refractivity contribution in [1.29, 1.82) is 0 Å². The van der Waals surface area contributed by atoms with Gasteiger partial charge in [0.1, 0.15) is 11.1 Å². The Hall–Kier alpha value is -3.76. The van der Waals surface area contributed by atoms with Gasteiger partial charge in [-0.1, -0.05) is 19.9 Å². The van der Waals surface area contributed by atoms with Crippen LogP contribution in [0.2, 0.25) is 0 Å². The van der Waals surface area contributed by atoms with Crippen molar-refractivity contribution >= 4 is 23.8 Å². The molecular weight excluding hydrogens is 428 g/mol. The molecule has 2 N–H and O–H groups in total. The van der Waals surface area contributed by atoms with E-state index in [-0.39, 0.29) is 5.56 Å². The lowest BCUT2D eigenvalue weighted by Crippen LogP contribution is -2.52. The van der Waals surface area contributed by atoms with Crippen molar-refractivity contribution in [3.05, 3.63) is 41.9 Å². The number of nitrogens with zero attached hydrogens (tertiary/aromatic N) is 4. The van der Waals surface area contributed by atoms with Gasteiger partial charge in [0.25, 0.3) is 11.8 Å². The van der Waals surface area contributed by atoms with E-state index in [4.69, 9.17) is 4.74 Å². The SMILES string of the molecule is CCc1c(C(=O)OCC(=O)NN2C(=O)NC3(CCC(C)CC3)C2=O)cnn1-c1ccccn1. The number of ether oxygens (including phenoxy) is 1. The van der Waals surface area contributed by atoms with Crippen LogP contribution in [-0.2, 0) is 20.7 Å². The molecule has 11 nitrogen and oxygen atoms in total. The minimum atomic E-state index is -0.969. The number of pyridine rings is 1. The number of hydrogen-bond acceptors (Lipinski definition) is 7. The summed E-state index contributed by atoms with van der Waals surface area (Å²) in [6.45, 7) is 3.31. The highest BCUT2D eigenvalue weighted by Crippen LogP contribution is 2.35. The molecule has 4 rings (SSSR count). The number of hydrazine groups is 1. The summed E-state index contributed by atoms with van der Waals surface area (Å²) in [7, 11) is 0. The molecule has 0 atom stereocenters. The molecule has 0 unspecified atom stereocenters. The van der Waals surface area contributed by atoms with Crippen molar-refractivity contribution in [2.45, 2.75) is 51.5 Å². The third-order valence-corrected chi connectivity index (χ3v) is 6.15. The molecule has 0 aromatic carbocycles. The average Bonchev–Trinajstić information content (AvgIpc) is 3.35. The second-order valence-corrected chi connectivity index (χ2v) is 8.40. The van der Waals surface area contributed by atoms with Crippen LogP contribution in [0.4, 0.5) is 4.79 Å². The molecule has 2 aromatic heterocycles. The fourth-order valence-corrected chi connectivity index (χ4v) is 4.24. The predicted octanol–water partition coefficient (Wildman–Crippen LogP) is 1.52. The summed E-state index contributed by atoms with van der Waals surface area (Å²) < 4.78 is 6.66. The van der Waals surface area contributed by atoms with Gasteiger partial charge in [0, 0.05) is 6.20 Å². The number of aromatic nitrogens is 3. The van der Waals surface area contributed by atoms with Crippen LogP contribution < -0.4 is 10.7 Å². The molecule has 0 bridgehead atoms. The number of hydrogen-bond donors (Lipinski definition) is 2. The highest BCUT2D eigenvalue weighted by Gasteiger charge is 2.52. The Balaban J connectivity index is 1.37. The summed E-state index contributed by atoms with van der Waals surface area (Å²) in [5.74, 6) is -0.972. The number of nitrogens with one attached hydrogen (secondary N) is 2. The lowest BCUT2D eigenvalue weighted by molar-refractivity contribution is -0.141. The second kappa shape index (κ2) is 9.00. The molecular formula is C22H26N6O5. The lowest BCUT2D eigenvalue weighted by atomic mass is 9.77. The normalized spacial score (nSPS) is 22.4. The van der Waals surface area contributed by atoms with Gasteiger partial charge in [0.15, 0.2) is 12.4 Å². The van der Waals surface area contributed by atoms with E-state index in [2.05, 4.69) is 27.7 Å². The van der Waals surface area contributed by atoms with Gasteiger partial charge in [0.05, 0.1) is 11.9 Å². The molecule has 1 spiro atoms. The Kier molecular flexibility index (Phi) is 6.12. The molecule has 3 heterocycles. The molecule has 2 aromatic rings. The fraction of sp³-hybridized carbons (Fsp3) is 0.455. The van der Waals surface area contributed by atoms with Gasteiger partial charge in [-0.3, -0.25) is 15.0 Å². The first-order valence-corrected chi connectivity index (χ1v) is 11.0. The van der Waals surface area contributed by atoms with Gasteiger partial charge < -0.3 is 10.1 Å². The smallest absolute Gasteiger partial charge is 0.344 e. The van der Waals surface area contributed by atoms with Gasteiger partial charge >= 0.3 is 12.0 Å². The summed E-state index contributed by atoms with van der Waals surface area (Å²) in [6.07, 6.45) is 6.15. The maximum absolute atomic E-state index is 12.8. The van der Waals surface area contributed by atoms with Crippen LogP contribution in [0.3, 0.4) is 0 Å². The third kappa shape index (κ3) is 4.30. The largest absolute Gasteiger partial charge is 0.452 e. The number of rotatable bonds is 6. The van der Waals surface area contributed by atoms with E-state index in [1.165, 1.54) is 10.9 Å². The first-order chi connectivity index (χ1) is 15.8. The molecule has 1 aliphatic heterocycles. The van der Waals surface area contributed by atoms with E-state index < -0.39 is 36.0 Å². The Morgan fingerprint density at radius 2 is 2.03 bits per heavy atom. The van der Waals surface area contributed by atoms with E-state index in [0.29, 0.717) is 41.7 Å². The van der Waals surface area contributed by atoms with Crippen molar-refractivity contribution in [3.8, 4) is 5.82 Å². The van der Waals surface area contributed by atoms with Crippen molar-refractivity contribution in [3.63, 3.8) is 0 Å². The first-order valence-electron chi connectivity index (χ1n) is 11.0. The summed E-state index contributed by atoms with van der Waals surface area (Å²) in [5, 5.41) is 7.61. The van der Waals surface area contributed by atoms with Crippen molar-refractivity contribution < 1.29 is 23.9 Å². The van der Waals surface area contributed by atoms with Gasteiger partial charge in [-0.25, -0.2) is 19.3 Å². The number of imide groups is 1. The molecule has 11 heteroatoms.